The van der Waals surface area contributed by atoms with E-state index in [1.165, 1.54) is 0 Å². The Morgan fingerprint density at radius 2 is 2.06 bits per heavy atom. The van der Waals surface area contributed by atoms with Gasteiger partial charge >= 0.3 is 0 Å². The van der Waals surface area contributed by atoms with Crippen molar-refractivity contribution in [2.45, 2.75) is 20.3 Å². The lowest BCUT2D eigenvalue weighted by atomic mass is 10.0. The molecule has 16 heavy (non-hydrogen) atoms. The monoisotopic (exact) mass is 232 g/mol. The van der Waals surface area contributed by atoms with Crippen LogP contribution in [0.4, 0.5) is 13.2 Å². The molecule has 0 N–H and O–H groups in total. The number of Topliss-reactive ketones (excluding diaryl/α,β-unsaturated/α-hetero) is 1. The molecule has 88 valence electrons. The van der Waals surface area contributed by atoms with E-state index in [0.717, 1.165) is 19.1 Å². The Kier molecular flexibility index (Phi) is 3.93. The van der Waals surface area contributed by atoms with E-state index in [1.807, 2.05) is 0 Å². The van der Waals surface area contributed by atoms with Gasteiger partial charge in [0.25, 0.3) is 6.43 Å². The first-order valence-electron chi connectivity index (χ1n) is 4.72. The van der Waals surface area contributed by atoms with Gasteiger partial charge in [-0.3, -0.25) is 4.79 Å². The summed E-state index contributed by atoms with van der Waals surface area (Å²) >= 11 is 0. The number of halogens is 3. The van der Waals surface area contributed by atoms with Crippen LogP contribution in [0.1, 0.15) is 36.2 Å². The molecule has 1 aromatic carbocycles. The van der Waals surface area contributed by atoms with Crippen LogP contribution in [0.25, 0.3) is 0 Å². The number of hydrogen-bond acceptors (Lipinski definition) is 2. The summed E-state index contributed by atoms with van der Waals surface area (Å²) in [5.74, 6) is -1.67. The van der Waals surface area contributed by atoms with Gasteiger partial charge in [-0.2, -0.15) is 0 Å². The van der Waals surface area contributed by atoms with E-state index in [9.17, 15) is 18.0 Å². The van der Waals surface area contributed by atoms with Crippen molar-refractivity contribution in [1.82, 2.24) is 0 Å². The molecule has 0 atom stereocenters. The highest BCUT2D eigenvalue weighted by Gasteiger charge is 2.19. The number of rotatable bonds is 4. The molecule has 0 aliphatic carbocycles. The predicted octanol–water partition coefficient (Wildman–Crippen LogP) is 3.36. The zero-order chi connectivity index (χ0) is 12.3. The van der Waals surface area contributed by atoms with Gasteiger partial charge in [0.15, 0.2) is 17.3 Å². The van der Waals surface area contributed by atoms with Gasteiger partial charge in [-0.25, -0.2) is 13.2 Å². The number of alkyl halides is 2. The minimum atomic E-state index is -2.83. The summed E-state index contributed by atoms with van der Waals surface area (Å²) < 4.78 is 43.4. The van der Waals surface area contributed by atoms with Crippen molar-refractivity contribution in [2.75, 3.05) is 6.61 Å². The van der Waals surface area contributed by atoms with Gasteiger partial charge in [-0.1, -0.05) is 0 Å². The molecule has 0 aliphatic heterocycles. The van der Waals surface area contributed by atoms with Crippen molar-refractivity contribution in [3.8, 4) is 5.75 Å². The molecular weight excluding hydrogens is 221 g/mol. The molecule has 0 bridgehead atoms. The Morgan fingerprint density at radius 1 is 1.44 bits per heavy atom. The molecule has 0 radical (unpaired) electrons. The average Bonchev–Trinajstić information content (AvgIpc) is 2.20. The Balaban J connectivity index is 3.31. The number of ether oxygens (including phenoxy) is 1. The average molecular weight is 232 g/mol. The van der Waals surface area contributed by atoms with Gasteiger partial charge in [0.1, 0.15) is 0 Å². The molecule has 0 spiro atoms. The second-order valence-electron chi connectivity index (χ2n) is 3.16. The van der Waals surface area contributed by atoms with E-state index in [1.54, 1.807) is 6.92 Å². The fraction of sp³-hybridized carbons (Fsp3) is 0.364. The quantitative estimate of drug-likeness (QED) is 0.744. The van der Waals surface area contributed by atoms with Gasteiger partial charge in [-0.05, 0) is 26.0 Å². The number of hydrogen-bond donors (Lipinski definition) is 0. The van der Waals surface area contributed by atoms with Crippen molar-refractivity contribution >= 4 is 5.78 Å². The highest BCUT2D eigenvalue weighted by molar-refractivity contribution is 5.95. The van der Waals surface area contributed by atoms with Crippen LogP contribution in [0, 0.1) is 5.82 Å². The molecular formula is C11H11F3O2. The van der Waals surface area contributed by atoms with E-state index in [4.69, 9.17) is 4.74 Å². The lowest BCUT2D eigenvalue weighted by Crippen LogP contribution is -2.04. The molecule has 1 aromatic rings. The topological polar surface area (TPSA) is 26.3 Å². The van der Waals surface area contributed by atoms with Crippen LogP contribution in [-0.4, -0.2) is 12.4 Å². The van der Waals surface area contributed by atoms with Crippen LogP contribution in [0.3, 0.4) is 0 Å². The SMILES string of the molecule is CCOc1cc(C(F)F)c(C(C)=O)cc1F. The third kappa shape index (κ3) is 2.53. The van der Waals surface area contributed by atoms with Gasteiger partial charge in [0.2, 0.25) is 0 Å². The van der Waals surface area contributed by atoms with E-state index >= 15 is 0 Å². The lowest BCUT2D eigenvalue weighted by Gasteiger charge is -2.10. The Bertz CT molecular complexity index is 402. The highest BCUT2D eigenvalue weighted by Crippen LogP contribution is 2.30. The Morgan fingerprint density at radius 3 is 2.50 bits per heavy atom. The lowest BCUT2D eigenvalue weighted by molar-refractivity contribution is 0.0998. The third-order valence-corrected chi connectivity index (χ3v) is 2.02. The molecule has 0 saturated carbocycles. The molecule has 0 amide bonds. The second kappa shape index (κ2) is 5.01. The van der Waals surface area contributed by atoms with E-state index in [0.29, 0.717) is 0 Å². The third-order valence-electron chi connectivity index (χ3n) is 2.02. The van der Waals surface area contributed by atoms with E-state index < -0.39 is 23.6 Å². The summed E-state index contributed by atoms with van der Waals surface area (Å²) in [6.07, 6.45) is -2.83. The first-order valence-corrected chi connectivity index (χ1v) is 4.72. The van der Waals surface area contributed by atoms with Crippen molar-refractivity contribution in [1.29, 1.82) is 0 Å². The maximum Gasteiger partial charge on any atom is 0.264 e. The number of carbonyl (C=O) groups is 1. The summed E-state index contributed by atoms with van der Waals surface area (Å²) in [4.78, 5) is 11.1. The van der Waals surface area contributed by atoms with Crippen LogP contribution in [0.2, 0.25) is 0 Å². The van der Waals surface area contributed by atoms with Gasteiger partial charge < -0.3 is 4.74 Å². The van der Waals surface area contributed by atoms with Crippen LogP contribution >= 0.6 is 0 Å². The maximum atomic E-state index is 13.3. The summed E-state index contributed by atoms with van der Waals surface area (Å²) in [7, 11) is 0. The smallest absolute Gasteiger partial charge is 0.264 e. The maximum absolute atomic E-state index is 13.3. The zero-order valence-electron chi connectivity index (χ0n) is 8.89. The molecule has 0 aromatic heterocycles. The molecule has 0 heterocycles. The van der Waals surface area contributed by atoms with Crippen molar-refractivity contribution in [3.63, 3.8) is 0 Å². The molecule has 0 saturated heterocycles. The Hall–Kier alpha value is -1.52. The number of ketones is 1. The normalized spacial score (nSPS) is 10.6. The summed E-state index contributed by atoms with van der Waals surface area (Å²) in [6.45, 7) is 2.89. The van der Waals surface area contributed by atoms with Gasteiger partial charge in [0, 0.05) is 11.1 Å². The van der Waals surface area contributed by atoms with Gasteiger partial charge in [-0.15, -0.1) is 0 Å². The summed E-state index contributed by atoms with van der Waals surface area (Å²) in [5, 5.41) is 0. The van der Waals surface area contributed by atoms with Crippen LogP contribution in [0.5, 0.6) is 5.75 Å². The molecule has 5 heteroatoms. The second-order valence-corrected chi connectivity index (χ2v) is 3.16. The zero-order valence-corrected chi connectivity index (χ0v) is 8.89. The standard InChI is InChI=1S/C11H11F3O2/c1-3-16-10-5-8(11(13)14)7(6(2)15)4-9(10)12/h4-5,11H,3H2,1-2H3. The number of benzene rings is 1. The number of carbonyl (C=O) groups excluding carboxylic acids is 1. The van der Waals surface area contributed by atoms with E-state index in [2.05, 4.69) is 0 Å². The fourth-order valence-electron chi connectivity index (χ4n) is 1.32. The van der Waals surface area contributed by atoms with Crippen molar-refractivity contribution < 1.29 is 22.7 Å². The van der Waals surface area contributed by atoms with Crippen molar-refractivity contribution in [2.24, 2.45) is 0 Å². The summed E-state index contributed by atoms with van der Waals surface area (Å²) in [5.41, 5.74) is -0.812. The van der Waals surface area contributed by atoms with Crippen LogP contribution < -0.4 is 4.74 Å². The molecule has 1 rings (SSSR count). The summed E-state index contributed by atoms with van der Waals surface area (Å²) in [6, 6.07) is 1.66. The predicted molar refractivity (Wildman–Crippen MR) is 52.5 cm³/mol. The first-order chi connectivity index (χ1) is 7.47. The van der Waals surface area contributed by atoms with Crippen LogP contribution in [-0.2, 0) is 0 Å². The Labute approximate surface area is 91.0 Å². The molecule has 0 fully saturated rings. The van der Waals surface area contributed by atoms with Crippen LogP contribution in [0.15, 0.2) is 12.1 Å². The highest BCUT2D eigenvalue weighted by atomic mass is 19.3. The fourth-order valence-corrected chi connectivity index (χ4v) is 1.32. The minimum absolute atomic E-state index is 0.166. The minimum Gasteiger partial charge on any atom is -0.491 e. The molecule has 2 nitrogen and oxygen atoms in total. The largest absolute Gasteiger partial charge is 0.491 e. The molecule has 0 unspecified atom stereocenters. The van der Waals surface area contributed by atoms with Crippen molar-refractivity contribution in [3.05, 3.63) is 29.1 Å². The first kappa shape index (κ1) is 12.5. The van der Waals surface area contributed by atoms with E-state index in [-0.39, 0.29) is 17.9 Å². The molecule has 0 aliphatic rings. The van der Waals surface area contributed by atoms with Gasteiger partial charge in [0.05, 0.1) is 6.61 Å².